The van der Waals surface area contributed by atoms with Crippen LogP contribution in [-0.2, 0) is 4.74 Å². The summed E-state index contributed by atoms with van der Waals surface area (Å²) < 4.78 is 24.0. The summed E-state index contributed by atoms with van der Waals surface area (Å²) >= 11 is 5.30. The van der Waals surface area contributed by atoms with E-state index in [-0.39, 0.29) is 17.6 Å². The van der Waals surface area contributed by atoms with Gasteiger partial charge in [0.25, 0.3) is 0 Å². The molecule has 0 saturated carbocycles. The number of quaternary nitrogens is 1. The molecule has 2 rings (SSSR count). The lowest BCUT2D eigenvalue weighted by Crippen LogP contribution is -3.14. The van der Waals surface area contributed by atoms with Crippen molar-refractivity contribution in [3.63, 3.8) is 0 Å². The first-order valence-corrected chi connectivity index (χ1v) is 8.30. The number of nitrogens with one attached hydrogen (secondary N) is 3. The van der Waals surface area contributed by atoms with Crippen LogP contribution in [0, 0.1) is 5.82 Å². The smallest absolute Gasteiger partial charge is 0.166 e. The lowest BCUT2D eigenvalue weighted by molar-refractivity contribution is -0.906. The molecule has 1 atom stereocenters. The average molecular weight is 342 g/mol. The molecule has 1 aliphatic heterocycles. The summed E-state index contributed by atoms with van der Waals surface area (Å²) in [6.45, 7) is 7.52. The first-order chi connectivity index (χ1) is 11.1. The van der Waals surface area contributed by atoms with Crippen molar-refractivity contribution in [1.82, 2.24) is 10.6 Å². The quantitative estimate of drug-likeness (QED) is 0.648. The van der Waals surface area contributed by atoms with Gasteiger partial charge in [0.2, 0.25) is 0 Å². The van der Waals surface area contributed by atoms with Crippen LogP contribution in [0.3, 0.4) is 0 Å². The minimum Gasteiger partial charge on any atom is -0.494 e. The predicted molar refractivity (Wildman–Crippen MR) is 91.5 cm³/mol. The summed E-state index contributed by atoms with van der Waals surface area (Å²) in [5, 5.41) is 6.97. The highest BCUT2D eigenvalue weighted by atomic mass is 32.1. The van der Waals surface area contributed by atoms with Crippen LogP contribution in [0.4, 0.5) is 4.39 Å². The Labute approximate surface area is 142 Å². The maximum absolute atomic E-state index is 13.7. The van der Waals surface area contributed by atoms with E-state index in [1.807, 2.05) is 13.0 Å². The van der Waals surface area contributed by atoms with Gasteiger partial charge in [0.15, 0.2) is 16.7 Å². The zero-order valence-corrected chi connectivity index (χ0v) is 14.5. The number of methoxy groups -OCH3 is 1. The van der Waals surface area contributed by atoms with Crippen molar-refractivity contribution >= 4 is 17.3 Å². The molecule has 1 heterocycles. The second-order valence-corrected chi connectivity index (χ2v) is 6.04. The van der Waals surface area contributed by atoms with E-state index in [1.54, 1.807) is 6.07 Å². The molecule has 1 fully saturated rings. The van der Waals surface area contributed by atoms with Crippen LogP contribution in [0.25, 0.3) is 0 Å². The van der Waals surface area contributed by atoms with E-state index in [0.29, 0.717) is 5.11 Å². The molecule has 0 radical (unpaired) electrons. The molecule has 3 N–H and O–H groups in total. The highest BCUT2D eigenvalue weighted by molar-refractivity contribution is 7.80. The average Bonchev–Trinajstić information content (AvgIpc) is 2.55. The van der Waals surface area contributed by atoms with Gasteiger partial charge in [-0.05, 0) is 36.8 Å². The van der Waals surface area contributed by atoms with Gasteiger partial charge in [0.05, 0.1) is 39.5 Å². The Balaban J connectivity index is 1.74. The maximum Gasteiger partial charge on any atom is 0.166 e. The molecule has 0 amide bonds. The molecule has 7 heteroatoms. The van der Waals surface area contributed by atoms with Gasteiger partial charge in [-0.2, -0.15) is 0 Å². The predicted octanol–water partition coefficient (Wildman–Crippen LogP) is 0.275. The van der Waals surface area contributed by atoms with Crippen LogP contribution in [0.5, 0.6) is 5.75 Å². The molecule has 23 heavy (non-hydrogen) atoms. The fraction of sp³-hybridized carbons (Fsp3) is 0.562. The van der Waals surface area contributed by atoms with Crippen molar-refractivity contribution in [2.75, 3.05) is 46.5 Å². The van der Waals surface area contributed by atoms with Crippen molar-refractivity contribution in [2.24, 2.45) is 0 Å². The minimum atomic E-state index is -0.367. The number of halogens is 1. The van der Waals surface area contributed by atoms with Crippen molar-refractivity contribution in [3.8, 4) is 5.75 Å². The Hall–Kier alpha value is -1.44. The van der Waals surface area contributed by atoms with Gasteiger partial charge in [-0.1, -0.05) is 6.07 Å². The molecule has 1 aliphatic rings. The summed E-state index contributed by atoms with van der Waals surface area (Å²) in [6, 6.07) is 4.85. The van der Waals surface area contributed by atoms with E-state index in [4.69, 9.17) is 21.7 Å². The lowest BCUT2D eigenvalue weighted by atomic mass is 10.1. The number of thiocarbonyl (C=S) groups is 1. The van der Waals surface area contributed by atoms with Gasteiger partial charge in [-0.25, -0.2) is 4.39 Å². The molecule has 5 nitrogen and oxygen atoms in total. The van der Waals surface area contributed by atoms with Crippen LogP contribution < -0.4 is 20.3 Å². The number of benzene rings is 1. The molecule has 0 bridgehead atoms. The van der Waals surface area contributed by atoms with E-state index in [1.165, 1.54) is 18.1 Å². The molecule has 1 aromatic rings. The molecule has 0 spiro atoms. The molecule has 1 aromatic carbocycles. The topological polar surface area (TPSA) is 47.0 Å². The molecular formula is C16H25FN3O2S+. The number of morpholine rings is 1. The number of hydrogen-bond acceptors (Lipinski definition) is 3. The summed E-state index contributed by atoms with van der Waals surface area (Å²) in [5.41, 5.74) is 0.825. The van der Waals surface area contributed by atoms with Crippen molar-refractivity contribution in [2.45, 2.75) is 13.0 Å². The van der Waals surface area contributed by atoms with Gasteiger partial charge >= 0.3 is 0 Å². The fourth-order valence-corrected chi connectivity index (χ4v) is 2.82. The normalized spacial score (nSPS) is 16.7. The van der Waals surface area contributed by atoms with Crippen molar-refractivity contribution in [3.05, 3.63) is 29.6 Å². The maximum atomic E-state index is 13.7. The minimum absolute atomic E-state index is 0.0776. The Morgan fingerprint density at radius 2 is 2.17 bits per heavy atom. The summed E-state index contributed by atoms with van der Waals surface area (Å²) in [6.07, 6.45) is 0. The molecular weight excluding hydrogens is 317 g/mol. The van der Waals surface area contributed by atoms with Crippen LogP contribution in [0.15, 0.2) is 18.2 Å². The Kier molecular flexibility index (Phi) is 7.01. The summed E-state index contributed by atoms with van der Waals surface area (Å²) in [7, 11) is 1.45. The van der Waals surface area contributed by atoms with Crippen LogP contribution in [0.1, 0.15) is 18.5 Å². The van der Waals surface area contributed by atoms with Gasteiger partial charge < -0.3 is 25.0 Å². The molecule has 0 aromatic heterocycles. The fourth-order valence-electron chi connectivity index (χ4n) is 2.55. The molecule has 0 aliphatic carbocycles. The lowest BCUT2D eigenvalue weighted by Gasteiger charge is -2.24. The summed E-state index contributed by atoms with van der Waals surface area (Å²) in [5.74, 6) is -0.122. The Morgan fingerprint density at radius 1 is 1.43 bits per heavy atom. The Morgan fingerprint density at radius 3 is 2.83 bits per heavy atom. The van der Waals surface area contributed by atoms with E-state index < -0.39 is 0 Å². The SMILES string of the molecule is COc1ccc([C@@H](C)NC(=S)NCC[NH+]2CCOCC2)cc1F. The third kappa shape index (κ3) is 5.60. The number of rotatable bonds is 6. The van der Waals surface area contributed by atoms with Crippen LogP contribution in [0.2, 0.25) is 0 Å². The van der Waals surface area contributed by atoms with Crippen LogP contribution in [-0.4, -0.2) is 51.6 Å². The Bertz CT molecular complexity index is 524. The summed E-state index contributed by atoms with van der Waals surface area (Å²) in [4.78, 5) is 1.52. The molecule has 128 valence electrons. The zero-order chi connectivity index (χ0) is 16.7. The standard InChI is InChI=1S/C16H24FN3O2S/c1-12(13-3-4-15(21-2)14(17)11-13)19-16(23)18-5-6-20-7-9-22-10-8-20/h3-4,11-12H,5-10H2,1-2H3,(H2,18,19,23)/p+1/t12-/m1/s1. The van der Waals surface area contributed by atoms with Gasteiger partial charge in [0.1, 0.15) is 13.1 Å². The first-order valence-electron chi connectivity index (χ1n) is 7.89. The van der Waals surface area contributed by atoms with E-state index >= 15 is 0 Å². The monoisotopic (exact) mass is 342 g/mol. The van der Waals surface area contributed by atoms with Gasteiger partial charge in [-0.3, -0.25) is 0 Å². The first kappa shape index (κ1) is 17.9. The second-order valence-electron chi connectivity index (χ2n) is 5.63. The van der Waals surface area contributed by atoms with Gasteiger partial charge in [0, 0.05) is 0 Å². The number of hydrogen-bond donors (Lipinski definition) is 3. The third-order valence-electron chi connectivity index (χ3n) is 3.99. The van der Waals surface area contributed by atoms with E-state index in [0.717, 1.165) is 45.0 Å². The van der Waals surface area contributed by atoms with E-state index in [2.05, 4.69) is 10.6 Å². The van der Waals surface area contributed by atoms with Crippen LogP contribution >= 0.6 is 12.2 Å². The molecule has 1 saturated heterocycles. The highest BCUT2D eigenvalue weighted by Crippen LogP contribution is 2.21. The van der Waals surface area contributed by atoms with Crippen molar-refractivity contribution in [1.29, 1.82) is 0 Å². The van der Waals surface area contributed by atoms with Crippen molar-refractivity contribution < 1.29 is 18.8 Å². The van der Waals surface area contributed by atoms with Gasteiger partial charge in [-0.15, -0.1) is 0 Å². The number of ether oxygens (including phenoxy) is 2. The second kappa shape index (κ2) is 9.00. The third-order valence-corrected chi connectivity index (χ3v) is 4.25. The highest BCUT2D eigenvalue weighted by Gasteiger charge is 2.14. The largest absolute Gasteiger partial charge is 0.494 e. The zero-order valence-electron chi connectivity index (χ0n) is 13.7. The van der Waals surface area contributed by atoms with E-state index in [9.17, 15) is 4.39 Å². The molecule has 0 unspecified atom stereocenters.